The Morgan fingerprint density at radius 1 is 1.47 bits per heavy atom. The second kappa shape index (κ2) is 4.93. The molecule has 4 N–H and O–H groups in total. The normalized spacial score (nSPS) is 12.9. The van der Waals surface area contributed by atoms with Crippen molar-refractivity contribution in [1.29, 1.82) is 0 Å². The summed E-state index contributed by atoms with van der Waals surface area (Å²) in [6.45, 7) is 1.66. The maximum Gasteiger partial charge on any atom is 0.265 e. The molecule has 0 spiro atoms. The number of halogens is 2. The van der Waals surface area contributed by atoms with Gasteiger partial charge in [0.15, 0.2) is 0 Å². The number of hydrogen-bond acceptors (Lipinski definition) is 3. The number of nitrogens with one attached hydrogen (secondary N) is 1. The zero-order valence-corrected chi connectivity index (χ0v) is 8.37. The number of hydrogen-bond donors (Lipinski definition) is 3. The van der Waals surface area contributed by atoms with E-state index in [-0.39, 0.29) is 6.54 Å². The molecule has 15 heavy (non-hydrogen) atoms. The first kappa shape index (κ1) is 11.7. The lowest BCUT2D eigenvalue weighted by Crippen LogP contribution is -2.26. The molecule has 0 saturated carbocycles. The Labute approximate surface area is 86.9 Å². The van der Waals surface area contributed by atoms with Crippen molar-refractivity contribution in [3.63, 3.8) is 0 Å². The molecule has 1 unspecified atom stereocenters. The predicted octanol–water partition coefficient (Wildman–Crippen LogP) is 1.62. The Morgan fingerprint density at radius 3 is 2.67 bits per heavy atom. The minimum absolute atomic E-state index is 0.194. The molecular weight excluding hydrogens is 202 g/mol. The number of aliphatic hydroxyl groups is 1. The first-order valence-electron chi connectivity index (χ1n) is 4.57. The van der Waals surface area contributed by atoms with Crippen LogP contribution < -0.4 is 11.1 Å². The molecule has 1 aromatic carbocycles. The van der Waals surface area contributed by atoms with Gasteiger partial charge in [0.1, 0.15) is 6.10 Å². The minimum atomic E-state index is -2.74. The molecule has 3 nitrogen and oxygen atoms in total. The fourth-order valence-corrected chi connectivity index (χ4v) is 1.06. The van der Waals surface area contributed by atoms with Gasteiger partial charge in [0.05, 0.1) is 0 Å². The van der Waals surface area contributed by atoms with Crippen LogP contribution >= 0.6 is 0 Å². The van der Waals surface area contributed by atoms with Gasteiger partial charge in [-0.1, -0.05) is 6.07 Å². The molecule has 0 aliphatic carbocycles. The molecule has 0 aliphatic heterocycles. The average Bonchev–Trinajstić information content (AvgIpc) is 2.19. The molecule has 0 amide bonds. The highest BCUT2D eigenvalue weighted by Gasteiger charge is 2.15. The molecule has 0 aliphatic rings. The van der Waals surface area contributed by atoms with Gasteiger partial charge in [-0.15, -0.1) is 0 Å². The van der Waals surface area contributed by atoms with E-state index in [0.29, 0.717) is 11.4 Å². The van der Waals surface area contributed by atoms with Crippen molar-refractivity contribution in [3.05, 3.63) is 23.8 Å². The molecule has 1 aromatic rings. The van der Waals surface area contributed by atoms with E-state index in [1.165, 1.54) is 0 Å². The van der Waals surface area contributed by atoms with Crippen molar-refractivity contribution in [2.24, 2.45) is 0 Å². The van der Waals surface area contributed by atoms with Crippen LogP contribution in [-0.2, 0) is 0 Å². The molecule has 84 valence electrons. The highest BCUT2D eigenvalue weighted by Crippen LogP contribution is 2.17. The van der Waals surface area contributed by atoms with Crippen LogP contribution in [0.2, 0.25) is 0 Å². The van der Waals surface area contributed by atoms with Crippen LogP contribution in [0.15, 0.2) is 18.2 Å². The summed E-state index contributed by atoms with van der Waals surface area (Å²) in [5.74, 6) is 0. The summed E-state index contributed by atoms with van der Waals surface area (Å²) in [6, 6.07) is 5.16. The number of aryl methyl sites for hydroxylation is 1. The van der Waals surface area contributed by atoms with Gasteiger partial charge < -0.3 is 16.2 Å². The van der Waals surface area contributed by atoms with Crippen molar-refractivity contribution in [3.8, 4) is 0 Å². The van der Waals surface area contributed by atoms with E-state index in [0.717, 1.165) is 5.56 Å². The lowest BCUT2D eigenvalue weighted by molar-refractivity contribution is 0.00385. The molecule has 5 heteroatoms. The van der Waals surface area contributed by atoms with E-state index in [4.69, 9.17) is 10.8 Å². The number of anilines is 2. The van der Waals surface area contributed by atoms with E-state index in [1.54, 1.807) is 18.2 Å². The second-order valence-electron chi connectivity index (χ2n) is 3.35. The summed E-state index contributed by atoms with van der Waals surface area (Å²) in [5.41, 5.74) is 7.77. The zero-order valence-electron chi connectivity index (χ0n) is 8.37. The maximum absolute atomic E-state index is 12.0. The van der Waals surface area contributed by atoms with E-state index in [1.807, 2.05) is 6.92 Å². The van der Waals surface area contributed by atoms with Crippen LogP contribution in [0.4, 0.5) is 20.2 Å². The third kappa shape index (κ3) is 3.36. The molecule has 1 atom stereocenters. The third-order valence-electron chi connectivity index (χ3n) is 2.09. The van der Waals surface area contributed by atoms with Crippen LogP contribution in [-0.4, -0.2) is 24.2 Å². The van der Waals surface area contributed by atoms with E-state index >= 15 is 0 Å². The highest BCUT2D eigenvalue weighted by molar-refractivity contribution is 5.58. The molecule has 0 fully saturated rings. The summed E-state index contributed by atoms with van der Waals surface area (Å²) in [6.07, 6.45) is -4.40. The SMILES string of the molecule is Cc1ccc(NCC(O)C(F)F)cc1N. The molecule has 0 radical (unpaired) electrons. The number of nitrogen functional groups attached to an aromatic ring is 1. The summed E-state index contributed by atoms with van der Waals surface area (Å²) >= 11 is 0. The van der Waals surface area contributed by atoms with Crippen LogP contribution in [0.3, 0.4) is 0 Å². The van der Waals surface area contributed by atoms with Crippen molar-refractivity contribution in [1.82, 2.24) is 0 Å². The van der Waals surface area contributed by atoms with Crippen molar-refractivity contribution >= 4 is 11.4 Å². The van der Waals surface area contributed by atoms with Gasteiger partial charge in [-0.05, 0) is 24.6 Å². The summed E-state index contributed by atoms with van der Waals surface area (Å²) in [5, 5.41) is 11.6. The largest absolute Gasteiger partial charge is 0.398 e. The Balaban J connectivity index is 2.55. The van der Waals surface area contributed by atoms with Gasteiger partial charge in [-0.2, -0.15) is 0 Å². The number of alkyl halides is 2. The molecule has 0 saturated heterocycles. The van der Waals surface area contributed by atoms with Crippen molar-refractivity contribution in [2.45, 2.75) is 19.5 Å². The fraction of sp³-hybridized carbons (Fsp3) is 0.400. The van der Waals surface area contributed by atoms with Gasteiger partial charge in [-0.3, -0.25) is 0 Å². The smallest absolute Gasteiger partial charge is 0.265 e. The van der Waals surface area contributed by atoms with Crippen molar-refractivity contribution < 1.29 is 13.9 Å². The third-order valence-corrected chi connectivity index (χ3v) is 2.09. The van der Waals surface area contributed by atoms with Crippen LogP contribution in [0.25, 0.3) is 0 Å². The predicted molar refractivity (Wildman–Crippen MR) is 56.1 cm³/mol. The monoisotopic (exact) mass is 216 g/mol. The summed E-state index contributed by atoms with van der Waals surface area (Å²) in [4.78, 5) is 0. The van der Waals surface area contributed by atoms with Gasteiger partial charge in [0.2, 0.25) is 0 Å². The topological polar surface area (TPSA) is 58.3 Å². The van der Waals surface area contributed by atoms with Crippen LogP contribution in [0.1, 0.15) is 5.56 Å². The Bertz CT molecular complexity index is 331. The number of nitrogens with two attached hydrogens (primary N) is 1. The fourth-order valence-electron chi connectivity index (χ4n) is 1.06. The number of aliphatic hydroxyl groups excluding tert-OH is 1. The lowest BCUT2D eigenvalue weighted by atomic mass is 10.2. The van der Waals surface area contributed by atoms with Gasteiger partial charge >= 0.3 is 0 Å². The van der Waals surface area contributed by atoms with Gasteiger partial charge in [0, 0.05) is 17.9 Å². The molecule has 0 heterocycles. The maximum atomic E-state index is 12.0. The first-order valence-corrected chi connectivity index (χ1v) is 4.57. The summed E-state index contributed by atoms with van der Waals surface area (Å²) < 4.78 is 23.9. The Kier molecular flexibility index (Phi) is 3.85. The Morgan fingerprint density at radius 2 is 2.13 bits per heavy atom. The van der Waals surface area contributed by atoms with Crippen LogP contribution in [0, 0.1) is 6.92 Å². The Hall–Kier alpha value is -1.36. The minimum Gasteiger partial charge on any atom is -0.398 e. The number of benzene rings is 1. The molecule has 0 bridgehead atoms. The molecule has 1 rings (SSSR count). The second-order valence-corrected chi connectivity index (χ2v) is 3.35. The van der Waals surface area contributed by atoms with Gasteiger partial charge in [-0.25, -0.2) is 8.78 Å². The zero-order chi connectivity index (χ0) is 11.4. The lowest BCUT2D eigenvalue weighted by Gasteiger charge is -2.12. The van der Waals surface area contributed by atoms with E-state index < -0.39 is 12.5 Å². The molecule has 0 aromatic heterocycles. The van der Waals surface area contributed by atoms with Crippen LogP contribution in [0.5, 0.6) is 0 Å². The van der Waals surface area contributed by atoms with E-state index in [2.05, 4.69) is 5.32 Å². The van der Waals surface area contributed by atoms with E-state index in [9.17, 15) is 8.78 Å². The van der Waals surface area contributed by atoms with Crippen molar-refractivity contribution in [2.75, 3.05) is 17.6 Å². The first-order chi connectivity index (χ1) is 7.00. The molecular formula is C10H14F2N2O. The summed E-state index contributed by atoms with van der Waals surface area (Å²) in [7, 11) is 0. The highest BCUT2D eigenvalue weighted by atomic mass is 19.3. The quantitative estimate of drug-likeness (QED) is 0.670. The number of rotatable bonds is 4. The standard InChI is InChI=1S/C10H14F2N2O/c1-6-2-3-7(4-8(6)13)14-5-9(15)10(11)12/h2-4,9-10,14-15H,5,13H2,1H3. The van der Waals surface area contributed by atoms with Gasteiger partial charge in [0.25, 0.3) is 6.43 Å². The average molecular weight is 216 g/mol.